The third-order valence-corrected chi connectivity index (χ3v) is 0.496. The Morgan fingerprint density at radius 2 is 2.60 bits per heavy atom. The molecule has 1 rings (SSSR count). The average Bonchev–Trinajstić information content (AvgIpc) is 1.76. The zero-order valence-corrected chi connectivity index (χ0v) is 2.81. The molecule has 0 aromatic carbocycles. The van der Waals surface area contributed by atoms with Crippen molar-refractivity contribution < 1.29 is 0 Å². The van der Waals surface area contributed by atoms with Crippen molar-refractivity contribution in [2.75, 3.05) is 0 Å². The van der Waals surface area contributed by atoms with E-state index in [0.717, 1.165) is 0 Å². The van der Waals surface area contributed by atoms with Crippen LogP contribution in [0.2, 0.25) is 0 Å². The quantitative estimate of drug-likeness (QED) is 0.425. The normalized spacial score (nSPS) is 6.40. The summed E-state index contributed by atoms with van der Waals surface area (Å²) in [4.78, 5) is 2.86. The maximum atomic E-state index is 2.86. The van der Waals surface area contributed by atoms with Crippen LogP contribution >= 0.6 is 0 Å². The van der Waals surface area contributed by atoms with Gasteiger partial charge >= 0.3 is 30.8 Å². The Hall–Kier alpha value is -0.330. The van der Waals surface area contributed by atoms with Gasteiger partial charge in [-0.15, -0.1) is 0 Å². The van der Waals surface area contributed by atoms with Crippen LogP contribution in [-0.2, 0) is 0 Å². The predicted molar refractivity (Wildman–Crippen MR) is 23.5 cm³/mol. The number of hydrogen-bond acceptors (Lipinski definition) is 0. The Morgan fingerprint density at radius 1 is 1.60 bits per heavy atom. The fraction of sp³-hybridized carbons (Fsp3) is 0. The van der Waals surface area contributed by atoms with Gasteiger partial charge in [0, 0.05) is 0 Å². The van der Waals surface area contributed by atoms with Crippen molar-refractivity contribution in [3.8, 4) is 0 Å². The molecule has 0 atom stereocenters. The van der Waals surface area contributed by atoms with Gasteiger partial charge in [0.05, 0.1) is 0 Å². The minimum absolute atomic E-state index is 1.88. The summed E-state index contributed by atoms with van der Waals surface area (Å²) in [5.74, 6) is 1.94. The Kier molecular flexibility index (Phi) is 0.692. The molecule has 0 aliphatic rings. The maximum absolute atomic E-state index is 2.86. The van der Waals surface area contributed by atoms with Crippen LogP contribution in [0.3, 0.4) is 0 Å². The van der Waals surface area contributed by atoms with E-state index in [0.29, 0.717) is 0 Å². The molecule has 0 amide bonds. The number of nitrogens with one attached hydrogen (secondary N) is 1. The first-order valence-electron chi connectivity index (χ1n) is 1.58. The first-order chi connectivity index (χ1) is 2.50. The van der Waals surface area contributed by atoms with Gasteiger partial charge in [-0.05, 0) is 0 Å². The minimum atomic E-state index is 1.88. The predicted octanol–water partition coefficient (Wildman–Crippen LogP) is -0.309. The van der Waals surface area contributed by atoms with E-state index >= 15 is 0 Å². The summed E-state index contributed by atoms with van der Waals surface area (Å²) in [6.07, 6.45) is 1.88. The van der Waals surface area contributed by atoms with Gasteiger partial charge in [0.25, 0.3) is 0 Å². The molecule has 1 nitrogen and oxygen atoms in total. The fourth-order valence-corrected chi connectivity index (χ4v) is 0.278. The molecule has 5 heavy (non-hydrogen) atoms. The van der Waals surface area contributed by atoms with Gasteiger partial charge in [-0.2, -0.15) is 0 Å². The summed E-state index contributed by atoms with van der Waals surface area (Å²) in [7, 11) is 0. The molecule has 0 fully saturated rings. The summed E-state index contributed by atoms with van der Waals surface area (Å²) in [6.45, 7) is 3.82. The molecule has 0 radical (unpaired) electrons. The topological polar surface area (TPSA) is 15.8 Å². The first kappa shape index (κ1) is 2.88. The van der Waals surface area contributed by atoms with Crippen LogP contribution in [0.15, 0.2) is 12.2 Å². The summed E-state index contributed by atoms with van der Waals surface area (Å²) >= 11 is 0. The van der Waals surface area contributed by atoms with Gasteiger partial charge in [0.2, 0.25) is 0 Å². The van der Waals surface area contributed by atoms with Crippen molar-refractivity contribution in [2.45, 2.75) is 0 Å². The summed E-state index contributed by atoms with van der Waals surface area (Å²) < 4.78 is 0. The van der Waals surface area contributed by atoms with Crippen molar-refractivity contribution in [3.05, 3.63) is 12.2 Å². The molecule has 0 bridgehead atoms. The fourth-order valence-electron chi connectivity index (χ4n) is 0.278. The second-order valence-corrected chi connectivity index (χ2v) is 0.885. The third-order valence-electron chi connectivity index (χ3n) is 0.496. The van der Waals surface area contributed by atoms with Crippen LogP contribution in [0.25, 0.3) is 0 Å². The molecule has 3 heteroatoms. The molecule has 1 aromatic heterocycles. The van der Waals surface area contributed by atoms with E-state index in [4.69, 9.17) is 0 Å². The van der Waals surface area contributed by atoms with Gasteiger partial charge < -0.3 is 0 Å². The Morgan fingerprint density at radius 3 is 2.80 bits per heavy atom. The molecule has 0 saturated carbocycles. The molecular formula is C2H3B2N. The summed E-state index contributed by atoms with van der Waals surface area (Å²) in [5, 5.41) is 0. The van der Waals surface area contributed by atoms with Crippen LogP contribution in [-0.4, -0.2) is 18.6 Å². The molecule has 1 N–H and O–H groups in total. The van der Waals surface area contributed by atoms with E-state index in [1.54, 1.807) is 0 Å². The number of rotatable bonds is 0. The van der Waals surface area contributed by atoms with Gasteiger partial charge in [-0.1, -0.05) is 0 Å². The summed E-state index contributed by atoms with van der Waals surface area (Å²) in [6, 6.07) is 0. The Bertz CT molecular complexity index is 64.1. The number of H-pyrrole nitrogens is 1. The van der Waals surface area contributed by atoms with E-state index in [1.165, 1.54) is 0 Å². The Balaban J connectivity index is 3.13. The van der Waals surface area contributed by atoms with E-state index in [9.17, 15) is 0 Å². The summed E-state index contributed by atoms with van der Waals surface area (Å²) in [5.41, 5.74) is 0. The second-order valence-electron chi connectivity index (χ2n) is 0.885. The molecule has 0 aliphatic carbocycles. The van der Waals surface area contributed by atoms with E-state index in [-0.39, 0.29) is 0 Å². The SMILES string of the molecule is b1b[nH]cc1. The van der Waals surface area contributed by atoms with E-state index in [1.807, 2.05) is 25.9 Å². The van der Waals surface area contributed by atoms with Crippen LogP contribution in [0.4, 0.5) is 0 Å². The molecular weight excluding hydrogens is 59.7 g/mol. The van der Waals surface area contributed by atoms with Gasteiger partial charge in [0.1, 0.15) is 0 Å². The van der Waals surface area contributed by atoms with Crippen molar-refractivity contribution in [2.24, 2.45) is 0 Å². The van der Waals surface area contributed by atoms with Crippen LogP contribution < -0.4 is 0 Å². The molecule has 1 heterocycles. The molecule has 1 aromatic rings. The molecule has 0 aliphatic heterocycles. The Labute approximate surface area is 31.8 Å². The van der Waals surface area contributed by atoms with Gasteiger partial charge in [0.15, 0.2) is 0 Å². The number of aromatic nitrogens is 1. The van der Waals surface area contributed by atoms with Crippen LogP contribution in [0, 0.1) is 0 Å². The molecule has 0 saturated heterocycles. The molecule has 22 valence electrons. The first-order valence-corrected chi connectivity index (χ1v) is 1.58. The number of hydrogen-bond donors (Lipinski definition) is 1. The third kappa shape index (κ3) is 0.469. The monoisotopic (exact) mass is 63.0 g/mol. The van der Waals surface area contributed by atoms with Gasteiger partial charge in [-0.3, -0.25) is 0 Å². The van der Waals surface area contributed by atoms with E-state index in [2.05, 4.69) is 4.89 Å². The molecule has 0 unspecified atom stereocenters. The van der Waals surface area contributed by atoms with Gasteiger partial charge in [-0.25, -0.2) is 0 Å². The molecule has 0 spiro atoms. The number of aromatic amines is 1. The standard InChI is InChI=1S/C2H3B2N/c1-2-5-4-3-1/h1-2,5H. The van der Waals surface area contributed by atoms with Crippen molar-refractivity contribution in [3.63, 3.8) is 0 Å². The van der Waals surface area contributed by atoms with Crippen molar-refractivity contribution in [1.29, 1.82) is 0 Å². The zero-order chi connectivity index (χ0) is 3.54. The van der Waals surface area contributed by atoms with Crippen molar-refractivity contribution >= 4 is 13.7 Å². The second kappa shape index (κ2) is 1.20. The average molecular weight is 62.7 g/mol. The van der Waals surface area contributed by atoms with Crippen molar-refractivity contribution in [1.82, 2.24) is 4.89 Å². The zero-order valence-electron chi connectivity index (χ0n) is 2.81. The van der Waals surface area contributed by atoms with Crippen LogP contribution in [0.1, 0.15) is 0 Å². The van der Waals surface area contributed by atoms with Crippen LogP contribution in [0.5, 0.6) is 0 Å². The van der Waals surface area contributed by atoms with E-state index < -0.39 is 0 Å².